The number of aromatic nitrogens is 1. The minimum Gasteiger partial charge on any atom is -0.477 e. The normalized spacial score (nSPS) is 10.7. The Balaban J connectivity index is 2.03. The molecule has 1 N–H and O–H groups in total. The molecule has 3 aromatic rings. The van der Waals surface area contributed by atoms with Gasteiger partial charge in [-0.05, 0) is 36.8 Å². The Labute approximate surface area is 125 Å². The zero-order chi connectivity index (χ0) is 15.0. The van der Waals surface area contributed by atoms with Crippen LogP contribution in [0, 0.1) is 18.3 Å². The van der Waals surface area contributed by atoms with Gasteiger partial charge in [0.2, 0.25) is 0 Å². The van der Waals surface area contributed by atoms with Gasteiger partial charge in [-0.1, -0.05) is 6.07 Å². The van der Waals surface area contributed by atoms with Gasteiger partial charge in [-0.3, -0.25) is 0 Å². The molecule has 0 radical (unpaired) electrons. The summed E-state index contributed by atoms with van der Waals surface area (Å²) in [5.41, 5.74) is 2.63. The van der Waals surface area contributed by atoms with Gasteiger partial charge in [0.05, 0.1) is 11.6 Å². The molecule has 0 aliphatic heterocycles. The molecule has 0 saturated heterocycles. The van der Waals surface area contributed by atoms with E-state index in [2.05, 4.69) is 6.07 Å². The SMILES string of the molecule is Cc1sc(C(=O)O)cc1Cn1ccc2c(C#N)cccc21. The number of rotatable bonds is 3. The Morgan fingerprint density at radius 2 is 2.24 bits per heavy atom. The van der Waals surface area contributed by atoms with E-state index in [1.54, 1.807) is 12.1 Å². The molecule has 0 spiro atoms. The minimum absolute atomic E-state index is 0.358. The lowest BCUT2D eigenvalue weighted by atomic mass is 10.1. The highest BCUT2D eigenvalue weighted by Crippen LogP contribution is 2.25. The highest BCUT2D eigenvalue weighted by atomic mass is 32.1. The molecule has 0 aliphatic carbocycles. The van der Waals surface area contributed by atoms with Gasteiger partial charge in [0.15, 0.2) is 0 Å². The molecular weight excluding hydrogens is 284 g/mol. The predicted molar refractivity (Wildman–Crippen MR) is 81.8 cm³/mol. The first-order valence-corrected chi connectivity index (χ1v) is 7.22. The van der Waals surface area contributed by atoms with Gasteiger partial charge in [0.25, 0.3) is 0 Å². The van der Waals surface area contributed by atoms with E-state index in [-0.39, 0.29) is 0 Å². The molecule has 104 valence electrons. The summed E-state index contributed by atoms with van der Waals surface area (Å²) >= 11 is 1.29. The maximum Gasteiger partial charge on any atom is 0.345 e. The van der Waals surface area contributed by atoms with E-state index >= 15 is 0 Å². The predicted octanol–water partition coefficient (Wildman–Crippen LogP) is 3.63. The van der Waals surface area contributed by atoms with Crippen LogP contribution in [0.1, 0.15) is 25.7 Å². The van der Waals surface area contributed by atoms with E-state index in [4.69, 9.17) is 10.4 Å². The zero-order valence-electron chi connectivity index (χ0n) is 11.3. The molecule has 0 fully saturated rings. The van der Waals surface area contributed by atoms with Crippen molar-refractivity contribution in [3.63, 3.8) is 0 Å². The van der Waals surface area contributed by atoms with Crippen LogP contribution in [0.2, 0.25) is 0 Å². The van der Waals surface area contributed by atoms with Gasteiger partial charge in [-0.2, -0.15) is 5.26 Å². The summed E-state index contributed by atoms with van der Waals surface area (Å²) in [6, 6.07) is 11.5. The number of hydrogen-bond donors (Lipinski definition) is 1. The molecule has 2 aromatic heterocycles. The minimum atomic E-state index is -0.890. The molecule has 0 bridgehead atoms. The van der Waals surface area contributed by atoms with Crippen LogP contribution in [0.25, 0.3) is 10.9 Å². The number of aromatic carboxylic acids is 1. The number of aryl methyl sites for hydroxylation is 1. The van der Waals surface area contributed by atoms with Crippen LogP contribution in [0.5, 0.6) is 0 Å². The molecule has 1 aromatic carbocycles. The highest BCUT2D eigenvalue weighted by Gasteiger charge is 2.12. The van der Waals surface area contributed by atoms with E-state index in [9.17, 15) is 4.79 Å². The summed E-state index contributed by atoms with van der Waals surface area (Å²) < 4.78 is 2.04. The molecule has 0 aliphatic rings. The van der Waals surface area contributed by atoms with Crippen molar-refractivity contribution in [3.05, 3.63) is 57.4 Å². The molecule has 4 nitrogen and oxygen atoms in total. The number of carboxylic acid groups (broad SMARTS) is 1. The molecular formula is C16H12N2O2S. The fourth-order valence-corrected chi connectivity index (χ4v) is 3.30. The topological polar surface area (TPSA) is 66.0 Å². The van der Waals surface area contributed by atoms with Crippen molar-refractivity contribution in [2.75, 3.05) is 0 Å². The lowest BCUT2D eigenvalue weighted by Crippen LogP contribution is -1.98. The molecule has 0 atom stereocenters. The lowest BCUT2D eigenvalue weighted by Gasteiger charge is -2.05. The van der Waals surface area contributed by atoms with E-state index in [1.165, 1.54) is 11.3 Å². The lowest BCUT2D eigenvalue weighted by molar-refractivity contribution is 0.0702. The summed E-state index contributed by atoms with van der Waals surface area (Å²) in [6.07, 6.45) is 1.93. The van der Waals surface area contributed by atoms with Crippen LogP contribution >= 0.6 is 11.3 Å². The fourth-order valence-electron chi connectivity index (χ4n) is 2.42. The number of thiophene rings is 1. The van der Waals surface area contributed by atoms with E-state index < -0.39 is 5.97 Å². The Morgan fingerprint density at radius 3 is 2.90 bits per heavy atom. The number of nitrogens with zero attached hydrogens (tertiary/aromatic N) is 2. The van der Waals surface area contributed by atoms with Crippen LogP contribution in [-0.4, -0.2) is 15.6 Å². The van der Waals surface area contributed by atoms with Crippen LogP contribution < -0.4 is 0 Å². The third kappa shape index (κ3) is 2.30. The summed E-state index contributed by atoms with van der Waals surface area (Å²) in [5.74, 6) is -0.890. The number of carbonyl (C=O) groups is 1. The molecule has 2 heterocycles. The van der Waals surface area contributed by atoms with E-state index in [0.717, 1.165) is 21.3 Å². The van der Waals surface area contributed by atoms with Crippen molar-refractivity contribution in [1.82, 2.24) is 4.57 Å². The Hall–Kier alpha value is -2.58. The maximum atomic E-state index is 11.0. The quantitative estimate of drug-likeness (QED) is 0.802. The second kappa shape index (κ2) is 5.08. The standard InChI is InChI=1S/C16H12N2O2S/c1-10-12(7-15(21-10)16(19)20)9-18-6-5-13-11(8-17)3-2-4-14(13)18/h2-7H,9H2,1H3,(H,19,20). The summed E-state index contributed by atoms with van der Waals surface area (Å²) in [7, 11) is 0. The Morgan fingerprint density at radius 1 is 1.43 bits per heavy atom. The van der Waals surface area contributed by atoms with Crippen molar-refractivity contribution in [2.45, 2.75) is 13.5 Å². The van der Waals surface area contributed by atoms with Crippen molar-refractivity contribution < 1.29 is 9.90 Å². The number of nitriles is 1. The Bertz CT molecular complexity index is 883. The van der Waals surface area contributed by atoms with Crippen molar-refractivity contribution in [3.8, 4) is 6.07 Å². The van der Waals surface area contributed by atoms with Gasteiger partial charge in [-0.25, -0.2) is 4.79 Å². The summed E-state index contributed by atoms with van der Waals surface area (Å²) in [4.78, 5) is 12.4. The Kier molecular flexibility index (Phi) is 3.24. The molecule has 21 heavy (non-hydrogen) atoms. The third-order valence-corrected chi connectivity index (χ3v) is 4.59. The average Bonchev–Trinajstić information content (AvgIpc) is 3.04. The van der Waals surface area contributed by atoms with Gasteiger partial charge in [0, 0.05) is 28.5 Å². The van der Waals surface area contributed by atoms with Gasteiger partial charge in [-0.15, -0.1) is 11.3 Å². The summed E-state index contributed by atoms with van der Waals surface area (Å²) in [5, 5.41) is 19.1. The van der Waals surface area contributed by atoms with E-state index in [0.29, 0.717) is 17.0 Å². The van der Waals surface area contributed by atoms with Gasteiger partial charge in [0.1, 0.15) is 4.88 Å². The zero-order valence-corrected chi connectivity index (χ0v) is 12.1. The average molecular weight is 296 g/mol. The molecule has 0 amide bonds. The number of fused-ring (bicyclic) bond motifs is 1. The van der Waals surface area contributed by atoms with Gasteiger partial charge < -0.3 is 9.67 Å². The van der Waals surface area contributed by atoms with Crippen molar-refractivity contribution in [1.29, 1.82) is 5.26 Å². The second-order valence-electron chi connectivity index (χ2n) is 4.79. The summed E-state index contributed by atoms with van der Waals surface area (Å²) in [6.45, 7) is 2.53. The monoisotopic (exact) mass is 296 g/mol. The smallest absolute Gasteiger partial charge is 0.345 e. The fraction of sp³-hybridized carbons (Fsp3) is 0.125. The molecule has 3 rings (SSSR count). The van der Waals surface area contributed by atoms with Crippen LogP contribution in [0.4, 0.5) is 0 Å². The highest BCUT2D eigenvalue weighted by molar-refractivity contribution is 7.14. The number of hydrogen-bond acceptors (Lipinski definition) is 3. The largest absolute Gasteiger partial charge is 0.477 e. The number of benzene rings is 1. The van der Waals surface area contributed by atoms with Crippen molar-refractivity contribution >= 4 is 28.2 Å². The molecule has 5 heteroatoms. The van der Waals surface area contributed by atoms with Crippen LogP contribution in [-0.2, 0) is 6.54 Å². The first-order valence-electron chi connectivity index (χ1n) is 6.40. The van der Waals surface area contributed by atoms with Crippen molar-refractivity contribution in [2.24, 2.45) is 0 Å². The third-order valence-electron chi connectivity index (χ3n) is 3.51. The second-order valence-corrected chi connectivity index (χ2v) is 6.05. The first kappa shape index (κ1) is 13.4. The number of carboxylic acids is 1. The van der Waals surface area contributed by atoms with Gasteiger partial charge >= 0.3 is 5.97 Å². The maximum absolute atomic E-state index is 11.0. The van der Waals surface area contributed by atoms with Crippen LogP contribution in [0.3, 0.4) is 0 Å². The molecule has 0 saturated carbocycles. The first-order chi connectivity index (χ1) is 10.1. The van der Waals surface area contributed by atoms with E-state index in [1.807, 2.05) is 35.9 Å². The van der Waals surface area contributed by atoms with Crippen LogP contribution in [0.15, 0.2) is 36.5 Å². The molecule has 0 unspecified atom stereocenters.